The fraction of sp³-hybridized carbons (Fsp3) is 0.211. The molecule has 0 atom stereocenters. The van der Waals surface area contributed by atoms with Gasteiger partial charge in [-0.2, -0.15) is 0 Å². The zero-order valence-corrected chi connectivity index (χ0v) is 14.1. The lowest BCUT2D eigenvalue weighted by Crippen LogP contribution is -2.28. The van der Waals surface area contributed by atoms with E-state index in [1.165, 1.54) is 22.7 Å². The Morgan fingerprint density at radius 3 is 2.79 bits per heavy atom. The number of halogens is 1. The average molecular weight is 340 g/mol. The molecule has 2 aromatic carbocycles. The van der Waals surface area contributed by atoms with Gasteiger partial charge in [0.2, 0.25) is 0 Å². The van der Waals surface area contributed by atoms with Gasteiger partial charge in [0.05, 0.1) is 12.2 Å². The fourth-order valence-electron chi connectivity index (χ4n) is 2.96. The zero-order chi connectivity index (χ0) is 16.5. The number of para-hydroxylation sites is 1. The van der Waals surface area contributed by atoms with Crippen molar-refractivity contribution in [3.63, 3.8) is 0 Å². The number of fused-ring (bicyclic) bond motifs is 1. The Bertz CT molecular complexity index is 860. The minimum Gasteiger partial charge on any atom is -0.364 e. The Kier molecular flexibility index (Phi) is 4.02. The lowest BCUT2D eigenvalue weighted by Gasteiger charge is -2.30. The van der Waals surface area contributed by atoms with E-state index in [0.717, 1.165) is 29.1 Å². The summed E-state index contributed by atoms with van der Waals surface area (Å²) in [4.78, 5) is 3.65. The van der Waals surface area contributed by atoms with Gasteiger partial charge < -0.3 is 9.42 Å². The maximum absolute atomic E-state index is 13.1. The summed E-state index contributed by atoms with van der Waals surface area (Å²) in [5, 5.41) is 4.26. The third-order valence-corrected chi connectivity index (χ3v) is 5.34. The van der Waals surface area contributed by atoms with E-state index in [1.807, 2.05) is 18.7 Å². The summed E-state index contributed by atoms with van der Waals surface area (Å²) in [5.41, 5.74) is 4.04. The van der Waals surface area contributed by atoms with E-state index in [4.69, 9.17) is 4.52 Å². The molecule has 1 aliphatic rings. The molecule has 0 bridgehead atoms. The molecule has 0 fully saturated rings. The van der Waals surface area contributed by atoms with E-state index in [9.17, 15) is 4.39 Å². The highest BCUT2D eigenvalue weighted by atomic mass is 32.2. The van der Waals surface area contributed by atoms with Gasteiger partial charge in [-0.05, 0) is 43.3 Å². The molecule has 0 saturated heterocycles. The van der Waals surface area contributed by atoms with Crippen molar-refractivity contribution in [3.8, 4) is 11.3 Å². The molecule has 2 heterocycles. The topological polar surface area (TPSA) is 29.3 Å². The maximum Gasteiger partial charge on any atom is 0.170 e. The van der Waals surface area contributed by atoms with Gasteiger partial charge in [-0.3, -0.25) is 0 Å². The third-order valence-electron chi connectivity index (χ3n) is 4.29. The van der Waals surface area contributed by atoms with Gasteiger partial charge in [0.25, 0.3) is 0 Å². The quantitative estimate of drug-likeness (QED) is 0.678. The van der Waals surface area contributed by atoms with Crippen LogP contribution in [0.4, 0.5) is 10.1 Å². The van der Waals surface area contributed by atoms with Crippen molar-refractivity contribution in [2.24, 2.45) is 0 Å². The lowest BCUT2D eigenvalue weighted by molar-refractivity contribution is 0.422. The normalized spacial score (nSPS) is 13.8. The van der Waals surface area contributed by atoms with Crippen molar-refractivity contribution in [2.75, 3.05) is 17.2 Å². The fourth-order valence-corrected chi connectivity index (χ4v) is 4.01. The number of nitrogens with zero attached hydrogens (tertiary/aromatic N) is 2. The third kappa shape index (κ3) is 2.80. The van der Waals surface area contributed by atoms with Crippen LogP contribution in [0.25, 0.3) is 11.3 Å². The van der Waals surface area contributed by atoms with Gasteiger partial charge >= 0.3 is 0 Å². The molecule has 4 rings (SSSR count). The predicted octanol–water partition coefficient (Wildman–Crippen LogP) is 4.90. The Morgan fingerprint density at radius 2 is 1.96 bits per heavy atom. The van der Waals surface area contributed by atoms with Gasteiger partial charge in [0.1, 0.15) is 11.5 Å². The van der Waals surface area contributed by atoms with Gasteiger partial charge in [0.15, 0.2) is 5.76 Å². The molecular formula is C19H17FN2OS. The summed E-state index contributed by atoms with van der Waals surface area (Å²) in [6.45, 7) is 3.71. The Labute approximate surface area is 144 Å². The van der Waals surface area contributed by atoms with Crippen LogP contribution in [0.2, 0.25) is 0 Å². The highest BCUT2D eigenvalue weighted by molar-refractivity contribution is 7.99. The second-order valence-electron chi connectivity index (χ2n) is 5.83. The maximum atomic E-state index is 13.1. The molecule has 0 amide bonds. The van der Waals surface area contributed by atoms with Gasteiger partial charge in [-0.25, -0.2) is 4.39 Å². The zero-order valence-electron chi connectivity index (χ0n) is 13.3. The van der Waals surface area contributed by atoms with Gasteiger partial charge in [-0.15, -0.1) is 11.8 Å². The van der Waals surface area contributed by atoms with Crippen LogP contribution in [0.5, 0.6) is 0 Å². The first-order chi connectivity index (χ1) is 11.7. The number of anilines is 1. The minimum atomic E-state index is -0.251. The number of aromatic nitrogens is 1. The summed E-state index contributed by atoms with van der Waals surface area (Å²) in [6, 6.07) is 14.8. The Morgan fingerprint density at radius 1 is 1.17 bits per heavy atom. The summed E-state index contributed by atoms with van der Waals surface area (Å²) in [7, 11) is 0. The molecule has 5 heteroatoms. The van der Waals surface area contributed by atoms with Crippen LogP contribution in [-0.4, -0.2) is 17.5 Å². The van der Waals surface area contributed by atoms with Gasteiger partial charge in [-0.1, -0.05) is 17.3 Å². The molecule has 3 aromatic rings. The van der Waals surface area contributed by atoms with Crippen molar-refractivity contribution in [1.82, 2.24) is 5.16 Å². The summed E-state index contributed by atoms with van der Waals surface area (Å²) in [6.07, 6.45) is 0. The standard InChI is InChI=1S/C19H17FN2OS/c1-13-16(21-23-19(13)14-6-8-15(20)9-7-14)12-22-10-11-24-18-5-3-2-4-17(18)22/h2-9H,10-12H2,1H3. The van der Waals surface area contributed by atoms with Crippen molar-refractivity contribution >= 4 is 17.4 Å². The second-order valence-corrected chi connectivity index (χ2v) is 6.96. The van der Waals surface area contributed by atoms with Crippen molar-refractivity contribution in [3.05, 3.63) is 65.6 Å². The molecule has 24 heavy (non-hydrogen) atoms. The van der Waals surface area contributed by atoms with Crippen LogP contribution in [0, 0.1) is 12.7 Å². The van der Waals surface area contributed by atoms with Crippen LogP contribution in [0.15, 0.2) is 57.9 Å². The summed E-state index contributed by atoms with van der Waals surface area (Å²) < 4.78 is 18.6. The van der Waals surface area contributed by atoms with Crippen molar-refractivity contribution < 1.29 is 8.91 Å². The largest absolute Gasteiger partial charge is 0.364 e. The van der Waals surface area contributed by atoms with E-state index in [1.54, 1.807) is 12.1 Å². The number of thioether (sulfide) groups is 1. The number of hydrogen-bond donors (Lipinski definition) is 0. The van der Waals surface area contributed by atoms with Crippen molar-refractivity contribution in [1.29, 1.82) is 0 Å². The molecule has 3 nitrogen and oxygen atoms in total. The van der Waals surface area contributed by atoms with E-state index < -0.39 is 0 Å². The van der Waals surface area contributed by atoms with Crippen LogP contribution in [0.3, 0.4) is 0 Å². The first-order valence-corrected chi connectivity index (χ1v) is 8.89. The molecule has 0 unspecified atom stereocenters. The molecule has 0 spiro atoms. The summed E-state index contributed by atoms with van der Waals surface area (Å²) in [5.74, 6) is 1.53. The van der Waals surface area contributed by atoms with E-state index in [0.29, 0.717) is 12.3 Å². The van der Waals surface area contributed by atoms with Crippen LogP contribution < -0.4 is 4.90 Å². The minimum absolute atomic E-state index is 0.251. The molecule has 1 aliphatic heterocycles. The monoisotopic (exact) mass is 340 g/mol. The Hall–Kier alpha value is -2.27. The Balaban J connectivity index is 1.62. The summed E-state index contributed by atoms with van der Waals surface area (Å²) >= 11 is 1.89. The number of rotatable bonds is 3. The smallest absolute Gasteiger partial charge is 0.170 e. The number of benzene rings is 2. The first kappa shape index (κ1) is 15.3. The number of hydrogen-bond acceptors (Lipinski definition) is 4. The average Bonchev–Trinajstić information content (AvgIpc) is 2.97. The van der Waals surface area contributed by atoms with Crippen LogP contribution in [0.1, 0.15) is 11.3 Å². The van der Waals surface area contributed by atoms with Crippen molar-refractivity contribution in [2.45, 2.75) is 18.4 Å². The molecule has 0 radical (unpaired) electrons. The molecule has 0 N–H and O–H groups in total. The molecule has 0 saturated carbocycles. The molecular weight excluding hydrogens is 323 g/mol. The SMILES string of the molecule is Cc1c(CN2CCSc3ccccc32)noc1-c1ccc(F)cc1. The van der Waals surface area contributed by atoms with E-state index in [2.05, 4.69) is 34.3 Å². The lowest BCUT2D eigenvalue weighted by atomic mass is 10.1. The highest BCUT2D eigenvalue weighted by Crippen LogP contribution is 2.36. The van der Waals surface area contributed by atoms with E-state index >= 15 is 0 Å². The predicted molar refractivity (Wildman–Crippen MR) is 94.9 cm³/mol. The van der Waals surface area contributed by atoms with E-state index in [-0.39, 0.29) is 5.82 Å². The molecule has 1 aromatic heterocycles. The highest BCUT2D eigenvalue weighted by Gasteiger charge is 2.21. The second kappa shape index (κ2) is 6.32. The molecule has 122 valence electrons. The first-order valence-electron chi connectivity index (χ1n) is 7.90. The van der Waals surface area contributed by atoms with Crippen LogP contribution in [-0.2, 0) is 6.54 Å². The van der Waals surface area contributed by atoms with Crippen LogP contribution >= 0.6 is 11.8 Å². The molecule has 0 aliphatic carbocycles. The van der Waals surface area contributed by atoms with Gasteiger partial charge in [0, 0.05) is 28.3 Å².